The third-order valence-corrected chi connectivity index (χ3v) is 2.91. The minimum Gasteiger partial charge on any atom is -0.307 e. The van der Waals surface area contributed by atoms with Gasteiger partial charge in [-0.15, -0.1) is 0 Å². The maximum atomic E-state index is 11.1. The molecular formula is C11H19N3O2S. The van der Waals surface area contributed by atoms with Crippen LogP contribution in [0, 0.1) is 0 Å². The van der Waals surface area contributed by atoms with Crippen LogP contribution in [0.5, 0.6) is 0 Å². The molecule has 1 atom stereocenters. The molecule has 17 heavy (non-hydrogen) atoms. The average Bonchev–Trinajstić information content (AvgIpc) is 2.24. The predicted molar refractivity (Wildman–Crippen MR) is 70.0 cm³/mol. The monoisotopic (exact) mass is 257 g/mol. The van der Waals surface area contributed by atoms with Crippen molar-refractivity contribution in [3.05, 3.63) is 30.3 Å². The van der Waals surface area contributed by atoms with Crippen molar-refractivity contribution in [3.63, 3.8) is 0 Å². The van der Waals surface area contributed by atoms with Crippen LogP contribution in [0.2, 0.25) is 0 Å². The first kappa shape index (κ1) is 14.0. The standard InChI is InChI=1S/C11H19N3O2S/c1-4-14(11-8-6-5-7-9-11)12-10(2)13-17(3,15)16/h5-10,12-13H,4H2,1-3H3. The number of benzene rings is 1. The van der Waals surface area contributed by atoms with Crippen LogP contribution in [0.3, 0.4) is 0 Å². The largest absolute Gasteiger partial charge is 0.307 e. The molecule has 0 amide bonds. The summed E-state index contributed by atoms with van der Waals surface area (Å²) in [5, 5.41) is 1.89. The number of hydrogen-bond acceptors (Lipinski definition) is 4. The number of hydrogen-bond donors (Lipinski definition) is 2. The van der Waals surface area contributed by atoms with Crippen molar-refractivity contribution in [1.82, 2.24) is 10.1 Å². The van der Waals surface area contributed by atoms with Crippen molar-refractivity contribution < 1.29 is 8.42 Å². The van der Waals surface area contributed by atoms with Crippen LogP contribution in [0.4, 0.5) is 5.69 Å². The smallest absolute Gasteiger partial charge is 0.210 e. The Hall–Kier alpha value is -1.11. The van der Waals surface area contributed by atoms with Gasteiger partial charge >= 0.3 is 0 Å². The van der Waals surface area contributed by atoms with Crippen molar-refractivity contribution in [3.8, 4) is 0 Å². The summed E-state index contributed by atoms with van der Waals surface area (Å²) in [6.45, 7) is 4.49. The Morgan fingerprint density at radius 3 is 2.35 bits per heavy atom. The number of hydrazine groups is 1. The van der Waals surface area contributed by atoms with Crippen molar-refractivity contribution >= 4 is 15.7 Å². The second kappa shape index (κ2) is 6.00. The zero-order valence-corrected chi connectivity index (χ0v) is 11.2. The highest BCUT2D eigenvalue weighted by Gasteiger charge is 2.11. The Balaban J connectivity index is 2.65. The van der Waals surface area contributed by atoms with Crippen LogP contribution in [0.1, 0.15) is 13.8 Å². The molecule has 2 N–H and O–H groups in total. The van der Waals surface area contributed by atoms with Crippen molar-refractivity contribution in [2.75, 3.05) is 17.8 Å². The fourth-order valence-corrected chi connectivity index (χ4v) is 2.23. The van der Waals surface area contributed by atoms with E-state index in [0.29, 0.717) is 0 Å². The highest BCUT2D eigenvalue weighted by molar-refractivity contribution is 7.88. The molecule has 0 aliphatic heterocycles. The lowest BCUT2D eigenvalue weighted by atomic mass is 10.3. The summed E-state index contributed by atoms with van der Waals surface area (Å²) < 4.78 is 24.6. The fraction of sp³-hybridized carbons (Fsp3) is 0.455. The normalized spacial score (nSPS) is 13.4. The SMILES string of the molecule is CCN(NC(C)NS(C)(=O)=O)c1ccccc1. The van der Waals surface area contributed by atoms with Gasteiger partial charge in [0.25, 0.3) is 0 Å². The van der Waals surface area contributed by atoms with E-state index in [1.54, 1.807) is 6.92 Å². The van der Waals surface area contributed by atoms with Crippen LogP contribution in [-0.4, -0.2) is 27.4 Å². The van der Waals surface area contributed by atoms with E-state index in [2.05, 4.69) is 10.1 Å². The molecule has 0 aliphatic rings. The van der Waals surface area contributed by atoms with E-state index in [-0.39, 0.29) is 6.17 Å². The maximum absolute atomic E-state index is 11.1. The Labute approximate surface area is 103 Å². The lowest BCUT2D eigenvalue weighted by Gasteiger charge is -2.27. The van der Waals surface area contributed by atoms with Gasteiger partial charge in [0, 0.05) is 6.54 Å². The molecule has 96 valence electrons. The van der Waals surface area contributed by atoms with E-state index >= 15 is 0 Å². The minimum absolute atomic E-state index is 0.356. The molecule has 6 heteroatoms. The summed E-state index contributed by atoms with van der Waals surface area (Å²) in [5.41, 5.74) is 4.08. The summed E-state index contributed by atoms with van der Waals surface area (Å²) in [6.07, 6.45) is 0.787. The second-order valence-electron chi connectivity index (χ2n) is 3.82. The van der Waals surface area contributed by atoms with Gasteiger partial charge in [0.1, 0.15) is 0 Å². The highest BCUT2D eigenvalue weighted by atomic mass is 32.2. The van der Waals surface area contributed by atoms with Crippen LogP contribution in [0.15, 0.2) is 30.3 Å². The Kier molecular flexibility index (Phi) is 4.92. The lowest BCUT2D eigenvalue weighted by Crippen LogP contribution is -2.51. The molecule has 0 bridgehead atoms. The van der Waals surface area contributed by atoms with Crippen molar-refractivity contribution in [1.29, 1.82) is 0 Å². The van der Waals surface area contributed by atoms with E-state index in [1.807, 2.05) is 42.3 Å². The average molecular weight is 257 g/mol. The molecule has 0 heterocycles. The Bertz CT molecular complexity index is 433. The van der Waals surface area contributed by atoms with E-state index in [1.165, 1.54) is 0 Å². The molecule has 1 unspecified atom stereocenters. The van der Waals surface area contributed by atoms with Crippen LogP contribution >= 0.6 is 0 Å². The van der Waals surface area contributed by atoms with Crippen LogP contribution in [-0.2, 0) is 10.0 Å². The van der Waals surface area contributed by atoms with Crippen molar-refractivity contribution in [2.24, 2.45) is 0 Å². The van der Waals surface area contributed by atoms with Gasteiger partial charge in [-0.3, -0.25) is 0 Å². The molecule has 1 aromatic carbocycles. The van der Waals surface area contributed by atoms with Gasteiger partial charge in [-0.2, -0.15) is 4.72 Å². The van der Waals surface area contributed by atoms with Gasteiger partial charge in [-0.1, -0.05) is 18.2 Å². The third-order valence-electron chi connectivity index (χ3n) is 2.12. The summed E-state index contributed by atoms with van der Waals surface area (Å²) in [7, 11) is -3.20. The minimum atomic E-state index is -3.20. The summed E-state index contributed by atoms with van der Waals surface area (Å²) in [4.78, 5) is 0. The summed E-state index contributed by atoms with van der Waals surface area (Å²) >= 11 is 0. The zero-order chi connectivity index (χ0) is 12.9. The topological polar surface area (TPSA) is 61.4 Å². The van der Waals surface area contributed by atoms with Gasteiger partial charge in [0.15, 0.2) is 0 Å². The molecule has 0 saturated carbocycles. The van der Waals surface area contributed by atoms with Crippen LogP contribution in [0.25, 0.3) is 0 Å². The summed E-state index contributed by atoms with van der Waals surface area (Å²) in [5.74, 6) is 0. The molecule has 0 aliphatic carbocycles. The van der Waals surface area contributed by atoms with Gasteiger partial charge in [0.05, 0.1) is 18.1 Å². The number of anilines is 1. The first-order valence-corrected chi connectivity index (χ1v) is 7.37. The molecular weight excluding hydrogens is 238 g/mol. The number of nitrogens with zero attached hydrogens (tertiary/aromatic N) is 1. The molecule has 1 aromatic rings. The van der Waals surface area contributed by atoms with Gasteiger partial charge in [-0.05, 0) is 26.0 Å². The van der Waals surface area contributed by atoms with Crippen molar-refractivity contribution in [2.45, 2.75) is 20.0 Å². The zero-order valence-electron chi connectivity index (χ0n) is 10.3. The Morgan fingerprint density at radius 1 is 1.29 bits per heavy atom. The van der Waals surface area contributed by atoms with Gasteiger partial charge in [-0.25, -0.2) is 13.8 Å². The number of nitrogens with one attached hydrogen (secondary N) is 2. The molecule has 0 saturated heterocycles. The Morgan fingerprint density at radius 2 is 1.88 bits per heavy atom. The summed E-state index contributed by atoms with van der Waals surface area (Å²) in [6, 6.07) is 9.74. The quantitative estimate of drug-likeness (QED) is 0.587. The fourth-order valence-electron chi connectivity index (χ4n) is 1.54. The lowest BCUT2D eigenvalue weighted by molar-refractivity contribution is 0.489. The second-order valence-corrected chi connectivity index (χ2v) is 5.60. The molecule has 5 nitrogen and oxygen atoms in total. The maximum Gasteiger partial charge on any atom is 0.210 e. The number of para-hydroxylation sites is 1. The van der Waals surface area contributed by atoms with E-state index in [4.69, 9.17) is 0 Å². The van der Waals surface area contributed by atoms with E-state index in [9.17, 15) is 8.42 Å². The van der Waals surface area contributed by atoms with E-state index < -0.39 is 10.0 Å². The first-order chi connectivity index (χ1) is 7.92. The molecule has 0 radical (unpaired) electrons. The van der Waals surface area contributed by atoms with E-state index in [0.717, 1.165) is 18.5 Å². The molecule has 0 fully saturated rings. The molecule has 1 rings (SSSR count). The first-order valence-electron chi connectivity index (χ1n) is 5.48. The third kappa shape index (κ3) is 5.16. The van der Waals surface area contributed by atoms with Gasteiger partial charge < -0.3 is 5.01 Å². The van der Waals surface area contributed by atoms with Crippen LogP contribution < -0.4 is 15.2 Å². The highest BCUT2D eigenvalue weighted by Crippen LogP contribution is 2.10. The molecule has 0 aromatic heterocycles. The molecule has 0 spiro atoms. The number of sulfonamides is 1. The van der Waals surface area contributed by atoms with Gasteiger partial charge in [0.2, 0.25) is 10.0 Å². The predicted octanol–water partition coefficient (Wildman–Crippen LogP) is 0.913. The number of rotatable bonds is 6.